The van der Waals surface area contributed by atoms with Gasteiger partial charge in [0.15, 0.2) is 5.78 Å². The number of hydrogen-bond acceptors (Lipinski definition) is 1. The Balaban J connectivity index is 3.38. The van der Waals surface area contributed by atoms with Crippen LogP contribution in [0.2, 0.25) is 10.0 Å². The van der Waals surface area contributed by atoms with Crippen molar-refractivity contribution in [1.82, 2.24) is 0 Å². The Morgan fingerprint density at radius 3 is 2.42 bits per heavy atom. The molecule has 0 saturated carbocycles. The van der Waals surface area contributed by atoms with E-state index in [2.05, 4.69) is 0 Å². The zero-order chi connectivity index (χ0) is 9.30. The first kappa shape index (κ1) is 9.49. The Morgan fingerprint density at radius 2 is 2.00 bits per heavy atom. The summed E-state index contributed by atoms with van der Waals surface area (Å²) in [5.74, 6) is -1.09. The molecule has 1 aromatic carbocycles. The normalized spacial score (nSPS) is 10.0. The SMILES string of the molecule is CC(=O)c1c(F)cc(Cl)cc1Cl. The van der Waals surface area contributed by atoms with Gasteiger partial charge in [0.1, 0.15) is 5.82 Å². The molecule has 0 heterocycles. The fraction of sp³-hybridized carbons (Fsp3) is 0.125. The molecule has 0 amide bonds. The van der Waals surface area contributed by atoms with E-state index in [-0.39, 0.29) is 15.6 Å². The van der Waals surface area contributed by atoms with Gasteiger partial charge < -0.3 is 0 Å². The highest BCUT2D eigenvalue weighted by Crippen LogP contribution is 2.24. The average molecular weight is 207 g/mol. The zero-order valence-corrected chi connectivity index (χ0v) is 7.71. The van der Waals surface area contributed by atoms with Crippen LogP contribution in [-0.2, 0) is 0 Å². The molecule has 0 aliphatic carbocycles. The van der Waals surface area contributed by atoms with E-state index in [9.17, 15) is 9.18 Å². The number of Topliss-reactive ketones (excluding diaryl/α,β-unsaturated/α-hetero) is 1. The lowest BCUT2D eigenvalue weighted by molar-refractivity contribution is 0.101. The van der Waals surface area contributed by atoms with Gasteiger partial charge in [-0.2, -0.15) is 0 Å². The molecule has 0 atom stereocenters. The zero-order valence-electron chi connectivity index (χ0n) is 6.20. The molecule has 0 aliphatic rings. The molecule has 0 saturated heterocycles. The fourth-order valence-electron chi connectivity index (χ4n) is 0.879. The third kappa shape index (κ3) is 1.76. The minimum Gasteiger partial charge on any atom is -0.294 e. The van der Waals surface area contributed by atoms with Crippen LogP contribution in [0.1, 0.15) is 17.3 Å². The van der Waals surface area contributed by atoms with E-state index in [1.54, 1.807) is 0 Å². The average Bonchev–Trinajstić information content (AvgIpc) is 1.82. The van der Waals surface area contributed by atoms with Crippen LogP contribution in [0.4, 0.5) is 4.39 Å². The van der Waals surface area contributed by atoms with E-state index in [1.807, 2.05) is 0 Å². The molecular weight excluding hydrogens is 202 g/mol. The first-order chi connectivity index (χ1) is 5.52. The van der Waals surface area contributed by atoms with Crippen molar-refractivity contribution in [3.05, 3.63) is 33.6 Å². The molecule has 0 bridgehead atoms. The lowest BCUT2D eigenvalue weighted by Gasteiger charge is -2.01. The van der Waals surface area contributed by atoms with E-state index in [0.29, 0.717) is 0 Å². The van der Waals surface area contributed by atoms with E-state index in [0.717, 1.165) is 6.07 Å². The van der Waals surface area contributed by atoms with Crippen LogP contribution in [0, 0.1) is 5.82 Å². The summed E-state index contributed by atoms with van der Waals surface area (Å²) < 4.78 is 13.0. The monoisotopic (exact) mass is 206 g/mol. The van der Waals surface area contributed by atoms with Crippen molar-refractivity contribution in [2.24, 2.45) is 0 Å². The van der Waals surface area contributed by atoms with Gasteiger partial charge in [0.25, 0.3) is 0 Å². The van der Waals surface area contributed by atoms with Gasteiger partial charge in [-0.25, -0.2) is 4.39 Å². The molecule has 0 aliphatic heterocycles. The summed E-state index contributed by atoms with van der Waals surface area (Å²) in [7, 11) is 0. The van der Waals surface area contributed by atoms with Gasteiger partial charge in [-0.1, -0.05) is 23.2 Å². The molecule has 1 rings (SSSR count). The molecule has 0 spiro atoms. The summed E-state index contributed by atoms with van der Waals surface area (Å²) in [6.45, 7) is 1.25. The van der Waals surface area contributed by atoms with Crippen molar-refractivity contribution in [2.75, 3.05) is 0 Å². The van der Waals surface area contributed by atoms with Crippen molar-refractivity contribution in [3.63, 3.8) is 0 Å². The predicted octanol–water partition coefficient (Wildman–Crippen LogP) is 3.34. The van der Waals surface area contributed by atoms with Crippen LogP contribution < -0.4 is 0 Å². The minimum atomic E-state index is -0.681. The molecule has 0 unspecified atom stereocenters. The van der Waals surface area contributed by atoms with Gasteiger partial charge in [-0.3, -0.25) is 4.79 Å². The van der Waals surface area contributed by atoms with E-state index >= 15 is 0 Å². The second-order valence-corrected chi connectivity index (χ2v) is 3.14. The van der Waals surface area contributed by atoms with Gasteiger partial charge in [0.05, 0.1) is 10.6 Å². The molecule has 64 valence electrons. The molecule has 0 radical (unpaired) electrons. The minimum absolute atomic E-state index is 0.0486. The smallest absolute Gasteiger partial charge is 0.164 e. The molecule has 0 N–H and O–H groups in total. The van der Waals surface area contributed by atoms with Gasteiger partial charge in [-0.15, -0.1) is 0 Å². The Hall–Kier alpha value is -0.600. The maximum Gasteiger partial charge on any atom is 0.164 e. The fourth-order valence-corrected chi connectivity index (χ4v) is 1.48. The number of rotatable bonds is 1. The first-order valence-corrected chi connectivity index (χ1v) is 3.93. The highest BCUT2D eigenvalue weighted by molar-refractivity contribution is 6.36. The van der Waals surface area contributed by atoms with Crippen LogP contribution in [0.5, 0.6) is 0 Å². The van der Waals surface area contributed by atoms with Crippen LogP contribution in [-0.4, -0.2) is 5.78 Å². The molecule has 1 nitrogen and oxygen atoms in total. The Bertz CT molecular complexity index is 313. The Kier molecular flexibility index (Phi) is 2.70. The van der Waals surface area contributed by atoms with E-state index < -0.39 is 11.6 Å². The molecule has 0 fully saturated rings. The van der Waals surface area contributed by atoms with Gasteiger partial charge >= 0.3 is 0 Å². The topological polar surface area (TPSA) is 17.1 Å². The van der Waals surface area contributed by atoms with Crippen LogP contribution in [0.15, 0.2) is 12.1 Å². The van der Waals surface area contributed by atoms with Crippen molar-refractivity contribution in [2.45, 2.75) is 6.92 Å². The number of carbonyl (C=O) groups is 1. The highest BCUT2D eigenvalue weighted by Gasteiger charge is 2.12. The van der Waals surface area contributed by atoms with Crippen molar-refractivity contribution in [3.8, 4) is 0 Å². The van der Waals surface area contributed by atoms with Crippen molar-refractivity contribution < 1.29 is 9.18 Å². The maximum absolute atomic E-state index is 13.0. The van der Waals surface area contributed by atoms with Crippen molar-refractivity contribution in [1.29, 1.82) is 0 Å². The summed E-state index contributed by atoms with van der Waals surface area (Å²) in [6.07, 6.45) is 0. The molecule has 1 aromatic rings. The molecular formula is C8H5Cl2FO. The number of benzene rings is 1. The standard InChI is InChI=1S/C8H5Cl2FO/c1-4(12)8-6(10)2-5(9)3-7(8)11/h2-3H,1H3. The van der Waals surface area contributed by atoms with Crippen LogP contribution >= 0.6 is 23.2 Å². The summed E-state index contributed by atoms with van der Waals surface area (Å²) in [5, 5.41) is 0.231. The number of ketones is 1. The van der Waals surface area contributed by atoms with Crippen LogP contribution in [0.3, 0.4) is 0 Å². The Labute approximate surface area is 79.1 Å². The predicted molar refractivity (Wildman–Crippen MR) is 46.4 cm³/mol. The number of halogens is 3. The maximum atomic E-state index is 13.0. The number of hydrogen-bond donors (Lipinski definition) is 0. The quantitative estimate of drug-likeness (QED) is 0.645. The molecule has 0 aromatic heterocycles. The summed E-state index contributed by atoms with van der Waals surface area (Å²) >= 11 is 11.1. The lowest BCUT2D eigenvalue weighted by Crippen LogP contribution is -1.97. The second-order valence-electron chi connectivity index (χ2n) is 2.30. The van der Waals surface area contributed by atoms with Crippen LogP contribution in [0.25, 0.3) is 0 Å². The largest absolute Gasteiger partial charge is 0.294 e. The third-order valence-corrected chi connectivity index (χ3v) is 1.88. The van der Waals surface area contributed by atoms with E-state index in [4.69, 9.17) is 23.2 Å². The third-order valence-electron chi connectivity index (χ3n) is 1.36. The van der Waals surface area contributed by atoms with Gasteiger partial charge in [0, 0.05) is 5.02 Å². The summed E-state index contributed by atoms with van der Waals surface area (Å²) in [4.78, 5) is 10.8. The lowest BCUT2D eigenvalue weighted by atomic mass is 10.1. The summed E-state index contributed by atoms with van der Waals surface area (Å²) in [6, 6.07) is 2.40. The van der Waals surface area contributed by atoms with Gasteiger partial charge in [0.2, 0.25) is 0 Å². The van der Waals surface area contributed by atoms with Gasteiger partial charge in [-0.05, 0) is 19.1 Å². The second kappa shape index (κ2) is 3.42. The number of carbonyl (C=O) groups excluding carboxylic acids is 1. The Morgan fingerprint density at radius 1 is 1.42 bits per heavy atom. The summed E-state index contributed by atoms with van der Waals surface area (Å²) in [5.41, 5.74) is -0.110. The van der Waals surface area contributed by atoms with Crippen molar-refractivity contribution >= 4 is 29.0 Å². The molecule has 4 heteroatoms. The van der Waals surface area contributed by atoms with E-state index in [1.165, 1.54) is 13.0 Å². The molecule has 12 heavy (non-hydrogen) atoms. The first-order valence-electron chi connectivity index (χ1n) is 3.18. The highest BCUT2D eigenvalue weighted by atomic mass is 35.5.